The molecule has 154 valence electrons. The van der Waals surface area contributed by atoms with Crippen LogP contribution in [0.1, 0.15) is 37.0 Å². The molecule has 3 amide bonds. The van der Waals surface area contributed by atoms with Crippen molar-refractivity contribution in [1.29, 1.82) is 0 Å². The Morgan fingerprint density at radius 3 is 2.34 bits per heavy atom. The highest BCUT2D eigenvalue weighted by atomic mass is 16.5. The van der Waals surface area contributed by atoms with Crippen LogP contribution < -0.4 is 15.8 Å². The van der Waals surface area contributed by atoms with Gasteiger partial charge in [-0.15, -0.1) is 0 Å². The van der Waals surface area contributed by atoms with E-state index in [1.54, 1.807) is 17.0 Å². The van der Waals surface area contributed by atoms with Crippen LogP contribution in [-0.4, -0.2) is 48.4 Å². The molecule has 7 nitrogen and oxygen atoms in total. The van der Waals surface area contributed by atoms with E-state index in [1.165, 1.54) is 0 Å². The maximum atomic E-state index is 13.2. The van der Waals surface area contributed by atoms with Crippen molar-refractivity contribution in [3.8, 4) is 5.75 Å². The van der Waals surface area contributed by atoms with Gasteiger partial charge in [0.2, 0.25) is 5.91 Å². The molecule has 0 atom stereocenters. The molecular formula is C22H27N3O4. The molecule has 0 aromatic heterocycles. The van der Waals surface area contributed by atoms with Gasteiger partial charge in [0.05, 0.1) is 5.56 Å². The molecule has 7 heteroatoms. The Labute approximate surface area is 170 Å². The van der Waals surface area contributed by atoms with Crippen LogP contribution in [0.4, 0.5) is 0 Å². The summed E-state index contributed by atoms with van der Waals surface area (Å²) in [6.07, 6.45) is 1.11. The number of piperidine rings is 1. The van der Waals surface area contributed by atoms with Crippen molar-refractivity contribution in [2.75, 3.05) is 19.7 Å². The first-order valence-corrected chi connectivity index (χ1v) is 9.88. The van der Waals surface area contributed by atoms with Gasteiger partial charge < -0.3 is 20.7 Å². The molecule has 0 unspecified atom stereocenters. The van der Waals surface area contributed by atoms with E-state index in [0.29, 0.717) is 37.2 Å². The molecule has 0 aliphatic carbocycles. The molecule has 3 N–H and O–H groups in total. The third-order valence-corrected chi connectivity index (χ3v) is 5.07. The van der Waals surface area contributed by atoms with Crippen LogP contribution in [0.25, 0.3) is 10.8 Å². The third-order valence-electron chi connectivity index (χ3n) is 5.07. The summed E-state index contributed by atoms with van der Waals surface area (Å²) in [6.45, 7) is 4.51. The zero-order valence-electron chi connectivity index (χ0n) is 16.8. The van der Waals surface area contributed by atoms with Gasteiger partial charge >= 0.3 is 0 Å². The van der Waals surface area contributed by atoms with Crippen LogP contribution in [-0.2, 0) is 9.59 Å². The SMILES string of the molecule is CC(C)NC(=O)COc1cc2ccccc2cc1C(=O)N1CCC(C(N)=O)CC1. The van der Waals surface area contributed by atoms with Gasteiger partial charge in [0.25, 0.3) is 11.8 Å². The largest absolute Gasteiger partial charge is 0.483 e. The van der Waals surface area contributed by atoms with Crippen LogP contribution in [0.5, 0.6) is 5.75 Å². The number of rotatable bonds is 6. The average molecular weight is 397 g/mol. The van der Waals surface area contributed by atoms with Crippen LogP contribution >= 0.6 is 0 Å². The molecule has 2 aromatic rings. The number of primary amides is 1. The molecule has 2 aromatic carbocycles. The van der Waals surface area contributed by atoms with Gasteiger partial charge in [-0.25, -0.2) is 0 Å². The first kappa shape index (κ1) is 20.6. The highest BCUT2D eigenvalue weighted by Gasteiger charge is 2.28. The molecule has 29 heavy (non-hydrogen) atoms. The minimum Gasteiger partial charge on any atom is -0.483 e. The summed E-state index contributed by atoms with van der Waals surface area (Å²) < 4.78 is 5.75. The summed E-state index contributed by atoms with van der Waals surface area (Å²) in [5.41, 5.74) is 5.80. The predicted octanol–water partition coefficient (Wildman–Crippen LogP) is 2.08. The molecule has 0 radical (unpaired) electrons. The summed E-state index contributed by atoms with van der Waals surface area (Å²) in [5, 5.41) is 4.62. The maximum Gasteiger partial charge on any atom is 0.258 e. The number of ether oxygens (including phenoxy) is 1. The van der Waals surface area contributed by atoms with Gasteiger partial charge in [-0.05, 0) is 49.6 Å². The first-order chi connectivity index (χ1) is 13.8. The van der Waals surface area contributed by atoms with E-state index < -0.39 is 0 Å². The van der Waals surface area contributed by atoms with Gasteiger partial charge in [-0.1, -0.05) is 24.3 Å². The summed E-state index contributed by atoms with van der Waals surface area (Å²) in [4.78, 5) is 38.3. The molecular weight excluding hydrogens is 370 g/mol. The van der Waals surface area contributed by atoms with Crippen molar-refractivity contribution >= 4 is 28.5 Å². The normalized spacial score (nSPS) is 14.8. The van der Waals surface area contributed by atoms with E-state index in [1.807, 2.05) is 38.1 Å². The summed E-state index contributed by atoms with van der Waals surface area (Å²) in [6, 6.07) is 11.3. The lowest BCUT2D eigenvalue weighted by Gasteiger charge is -2.31. The van der Waals surface area contributed by atoms with E-state index in [-0.39, 0.29) is 36.3 Å². The average Bonchev–Trinajstić information content (AvgIpc) is 2.70. The number of hydrogen-bond donors (Lipinski definition) is 2. The van der Waals surface area contributed by atoms with Crippen molar-refractivity contribution in [2.24, 2.45) is 11.7 Å². The second-order valence-corrected chi connectivity index (χ2v) is 7.68. The van der Waals surface area contributed by atoms with Crippen molar-refractivity contribution in [3.63, 3.8) is 0 Å². The zero-order chi connectivity index (χ0) is 21.0. The van der Waals surface area contributed by atoms with E-state index in [0.717, 1.165) is 10.8 Å². The maximum absolute atomic E-state index is 13.2. The molecule has 1 fully saturated rings. The number of hydrogen-bond acceptors (Lipinski definition) is 4. The van der Waals surface area contributed by atoms with Crippen molar-refractivity contribution in [2.45, 2.75) is 32.7 Å². The lowest BCUT2D eigenvalue weighted by Crippen LogP contribution is -2.42. The number of amides is 3. The minimum atomic E-state index is -0.317. The molecule has 1 aliphatic rings. The van der Waals surface area contributed by atoms with Gasteiger partial charge in [-0.2, -0.15) is 0 Å². The first-order valence-electron chi connectivity index (χ1n) is 9.88. The summed E-state index contributed by atoms with van der Waals surface area (Å²) in [5.74, 6) is -0.537. The lowest BCUT2D eigenvalue weighted by molar-refractivity contribution is -0.124. The van der Waals surface area contributed by atoms with Crippen LogP contribution in [0, 0.1) is 5.92 Å². The summed E-state index contributed by atoms with van der Waals surface area (Å²) in [7, 11) is 0. The second kappa shape index (κ2) is 8.94. The second-order valence-electron chi connectivity index (χ2n) is 7.68. The highest BCUT2D eigenvalue weighted by molar-refractivity contribution is 6.02. The number of carbonyl (C=O) groups is 3. The molecule has 1 aliphatic heterocycles. The highest BCUT2D eigenvalue weighted by Crippen LogP contribution is 2.29. The molecule has 1 saturated heterocycles. The Balaban J connectivity index is 1.83. The topological polar surface area (TPSA) is 102 Å². The number of nitrogens with two attached hydrogens (primary N) is 1. The lowest BCUT2D eigenvalue weighted by atomic mass is 9.95. The molecule has 0 saturated carbocycles. The zero-order valence-corrected chi connectivity index (χ0v) is 16.8. The number of carbonyl (C=O) groups excluding carboxylic acids is 3. The van der Waals surface area contributed by atoms with Crippen LogP contribution in [0.2, 0.25) is 0 Å². The monoisotopic (exact) mass is 397 g/mol. The van der Waals surface area contributed by atoms with Crippen molar-refractivity contribution < 1.29 is 19.1 Å². The molecule has 0 spiro atoms. The molecule has 3 rings (SSSR count). The standard InChI is InChI=1S/C22H27N3O4/c1-14(2)24-20(26)13-29-19-12-17-6-4-3-5-16(17)11-18(19)22(28)25-9-7-15(8-10-25)21(23)27/h3-6,11-12,14-15H,7-10,13H2,1-2H3,(H2,23,27)(H,24,26). The summed E-state index contributed by atoms with van der Waals surface area (Å²) >= 11 is 0. The number of fused-ring (bicyclic) bond motifs is 1. The minimum absolute atomic E-state index is 0.00959. The quantitative estimate of drug-likeness (QED) is 0.779. The number of nitrogens with zero attached hydrogens (tertiary/aromatic N) is 1. The van der Waals surface area contributed by atoms with Crippen LogP contribution in [0.15, 0.2) is 36.4 Å². The van der Waals surface area contributed by atoms with E-state index >= 15 is 0 Å². The van der Waals surface area contributed by atoms with Gasteiger partial charge in [0.1, 0.15) is 5.75 Å². The Bertz CT molecular complexity index is 917. The molecule has 1 heterocycles. The Kier molecular flexibility index (Phi) is 6.36. The number of benzene rings is 2. The van der Waals surface area contributed by atoms with E-state index in [9.17, 15) is 14.4 Å². The van der Waals surface area contributed by atoms with Gasteiger partial charge in [-0.3, -0.25) is 14.4 Å². The number of likely N-dealkylation sites (tertiary alicyclic amines) is 1. The van der Waals surface area contributed by atoms with Crippen molar-refractivity contribution in [3.05, 3.63) is 42.0 Å². The Hall–Kier alpha value is -3.09. The van der Waals surface area contributed by atoms with Crippen molar-refractivity contribution in [1.82, 2.24) is 10.2 Å². The fraction of sp³-hybridized carbons (Fsp3) is 0.409. The third kappa shape index (κ3) is 5.04. The van der Waals surface area contributed by atoms with Gasteiger partial charge in [0.15, 0.2) is 6.61 Å². The smallest absolute Gasteiger partial charge is 0.258 e. The predicted molar refractivity (Wildman–Crippen MR) is 111 cm³/mol. The van der Waals surface area contributed by atoms with Crippen LogP contribution in [0.3, 0.4) is 0 Å². The van der Waals surface area contributed by atoms with E-state index in [2.05, 4.69) is 5.32 Å². The fourth-order valence-electron chi connectivity index (χ4n) is 3.55. The molecule has 0 bridgehead atoms. The van der Waals surface area contributed by atoms with Gasteiger partial charge in [0, 0.05) is 25.0 Å². The Morgan fingerprint density at radius 1 is 1.14 bits per heavy atom. The van der Waals surface area contributed by atoms with E-state index in [4.69, 9.17) is 10.5 Å². The fourth-order valence-corrected chi connectivity index (χ4v) is 3.55. The Morgan fingerprint density at radius 2 is 1.76 bits per heavy atom. The number of nitrogens with one attached hydrogen (secondary N) is 1.